The number of nitrogens with zero attached hydrogens (tertiary/aromatic N) is 1. The Morgan fingerprint density at radius 3 is 2.88 bits per heavy atom. The number of hydrogen-bond donors (Lipinski definition) is 3. The molecule has 2 aromatic rings. The van der Waals surface area contributed by atoms with Crippen molar-refractivity contribution in [2.24, 2.45) is 0 Å². The van der Waals surface area contributed by atoms with Crippen LogP contribution in [0.15, 0.2) is 29.6 Å². The number of anilines is 2. The summed E-state index contributed by atoms with van der Waals surface area (Å²) in [6, 6.07) is 6.49. The van der Waals surface area contributed by atoms with Crippen LogP contribution in [-0.2, 0) is 11.2 Å². The second-order valence-electron chi connectivity index (χ2n) is 5.08. The molecule has 0 bridgehead atoms. The fourth-order valence-electron chi connectivity index (χ4n) is 1.90. The molecule has 6 nitrogen and oxygen atoms in total. The number of aryl methyl sites for hydroxylation is 1. The number of carbonyl (C=O) groups is 2. The van der Waals surface area contributed by atoms with Gasteiger partial charge in [-0.15, -0.1) is 11.3 Å². The van der Waals surface area contributed by atoms with Gasteiger partial charge in [-0.1, -0.05) is 24.6 Å². The van der Waals surface area contributed by atoms with Gasteiger partial charge in [0.1, 0.15) is 0 Å². The van der Waals surface area contributed by atoms with Crippen LogP contribution >= 0.6 is 22.9 Å². The minimum Gasteiger partial charge on any atom is -0.356 e. The number of nitrogens with one attached hydrogen (secondary N) is 3. The van der Waals surface area contributed by atoms with E-state index in [1.54, 1.807) is 24.3 Å². The molecule has 0 aliphatic heterocycles. The second kappa shape index (κ2) is 9.24. The third-order valence-corrected chi connectivity index (χ3v) is 4.08. The number of halogens is 1. The summed E-state index contributed by atoms with van der Waals surface area (Å²) in [5.41, 5.74) is 1.38. The van der Waals surface area contributed by atoms with Crippen LogP contribution in [0.3, 0.4) is 0 Å². The summed E-state index contributed by atoms with van der Waals surface area (Å²) in [4.78, 5) is 27.8. The van der Waals surface area contributed by atoms with E-state index < -0.39 is 0 Å². The summed E-state index contributed by atoms with van der Waals surface area (Å²) in [6.07, 6.45) is 1.85. The van der Waals surface area contributed by atoms with Crippen molar-refractivity contribution in [3.8, 4) is 0 Å². The predicted molar refractivity (Wildman–Crippen MR) is 97.8 cm³/mol. The monoisotopic (exact) mass is 366 g/mol. The van der Waals surface area contributed by atoms with Gasteiger partial charge in [-0.3, -0.25) is 10.1 Å². The summed E-state index contributed by atoms with van der Waals surface area (Å²) in [5, 5.41) is 11.0. The SMILES string of the molecule is CCCNC(=O)CCc1csc(NC(=O)Nc2cccc(Cl)c2)n1. The molecule has 128 valence electrons. The molecule has 0 aliphatic rings. The van der Waals surface area contributed by atoms with Gasteiger partial charge in [-0.05, 0) is 31.0 Å². The van der Waals surface area contributed by atoms with Gasteiger partial charge in [0.05, 0.1) is 5.69 Å². The van der Waals surface area contributed by atoms with Crippen molar-refractivity contribution in [3.63, 3.8) is 0 Å². The van der Waals surface area contributed by atoms with Gasteiger partial charge in [0.15, 0.2) is 5.13 Å². The van der Waals surface area contributed by atoms with Crippen molar-refractivity contribution in [1.29, 1.82) is 0 Å². The van der Waals surface area contributed by atoms with Crippen molar-refractivity contribution in [2.45, 2.75) is 26.2 Å². The fourth-order valence-corrected chi connectivity index (χ4v) is 2.83. The van der Waals surface area contributed by atoms with E-state index in [2.05, 4.69) is 20.9 Å². The van der Waals surface area contributed by atoms with E-state index in [0.29, 0.717) is 35.2 Å². The molecule has 0 spiro atoms. The molecule has 1 aromatic carbocycles. The van der Waals surface area contributed by atoms with Crippen LogP contribution in [0.25, 0.3) is 0 Å². The van der Waals surface area contributed by atoms with Gasteiger partial charge in [0.2, 0.25) is 5.91 Å². The Morgan fingerprint density at radius 2 is 2.12 bits per heavy atom. The molecular formula is C16H19ClN4O2S. The van der Waals surface area contributed by atoms with Gasteiger partial charge >= 0.3 is 6.03 Å². The lowest BCUT2D eigenvalue weighted by Gasteiger charge is -2.05. The number of amides is 3. The number of benzene rings is 1. The van der Waals surface area contributed by atoms with E-state index in [4.69, 9.17) is 11.6 Å². The molecule has 2 rings (SSSR count). The van der Waals surface area contributed by atoms with Crippen molar-refractivity contribution >= 4 is 45.7 Å². The van der Waals surface area contributed by atoms with Gasteiger partial charge in [0, 0.05) is 29.1 Å². The first-order valence-corrected chi connectivity index (χ1v) is 8.87. The van der Waals surface area contributed by atoms with Crippen LogP contribution < -0.4 is 16.0 Å². The van der Waals surface area contributed by atoms with Crippen LogP contribution in [0.1, 0.15) is 25.5 Å². The summed E-state index contributed by atoms with van der Waals surface area (Å²) < 4.78 is 0. The van der Waals surface area contributed by atoms with Crippen molar-refractivity contribution in [1.82, 2.24) is 10.3 Å². The van der Waals surface area contributed by atoms with E-state index in [1.165, 1.54) is 11.3 Å². The molecule has 24 heavy (non-hydrogen) atoms. The zero-order valence-electron chi connectivity index (χ0n) is 13.3. The highest BCUT2D eigenvalue weighted by Gasteiger charge is 2.08. The molecule has 8 heteroatoms. The normalized spacial score (nSPS) is 10.2. The molecule has 1 aromatic heterocycles. The number of thiazole rings is 1. The average molecular weight is 367 g/mol. The predicted octanol–water partition coefficient (Wildman–Crippen LogP) is 3.90. The molecule has 0 saturated carbocycles. The Kier molecular flexibility index (Phi) is 7.02. The standard InChI is InChI=1S/C16H19ClN4O2S/c1-2-8-18-14(22)7-6-13-10-24-16(20-13)21-15(23)19-12-5-3-4-11(17)9-12/h3-5,9-10H,2,6-8H2,1H3,(H,18,22)(H2,19,20,21,23). The molecule has 0 radical (unpaired) electrons. The highest BCUT2D eigenvalue weighted by Crippen LogP contribution is 2.18. The quantitative estimate of drug-likeness (QED) is 0.694. The topological polar surface area (TPSA) is 83.1 Å². The summed E-state index contributed by atoms with van der Waals surface area (Å²) in [6.45, 7) is 2.69. The van der Waals surface area contributed by atoms with Crippen LogP contribution in [-0.4, -0.2) is 23.5 Å². The maximum absolute atomic E-state index is 11.9. The Balaban J connectivity index is 1.80. The lowest BCUT2D eigenvalue weighted by Crippen LogP contribution is -2.24. The number of urea groups is 1. The zero-order chi connectivity index (χ0) is 17.4. The molecule has 3 N–H and O–H groups in total. The van der Waals surface area contributed by atoms with E-state index in [-0.39, 0.29) is 11.9 Å². The lowest BCUT2D eigenvalue weighted by molar-refractivity contribution is -0.121. The Morgan fingerprint density at radius 1 is 1.29 bits per heavy atom. The van der Waals surface area contributed by atoms with Crippen molar-refractivity contribution < 1.29 is 9.59 Å². The van der Waals surface area contributed by atoms with E-state index >= 15 is 0 Å². The van der Waals surface area contributed by atoms with Crippen molar-refractivity contribution in [2.75, 3.05) is 17.2 Å². The number of rotatable bonds is 7. The molecule has 0 unspecified atom stereocenters. The van der Waals surface area contributed by atoms with E-state index in [1.807, 2.05) is 12.3 Å². The largest absolute Gasteiger partial charge is 0.356 e. The minimum absolute atomic E-state index is 0.0121. The Bertz CT molecular complexity index is 705. The van der Waals surface area contributed by atoms with Gasteiger partial charge in [-0.25, -0.2) is 9.78 Å². The van der Waals surface area contributed by atoms with Crippen LogP contribution in [0.4, 0.5) is 15.6 Å². The number of carbonyl (C=O) groups excluding carboxylic acids is 2. The summed E-state index contributed by atoms with van der Waals surface area (Å²) in [5.74, 6) is 0.0121. The van der Waals surface area contributed by atoms with E-state index in [9.17, 15) is 9.59 Å². The number of aromatic nitrogens is 1. The average Bonchev–Trinajstić information content (AvgIpc) is 2.98. The minimum atomic E-state index is -0.390. The maximum atomic E-state index is 11.9. The molecular weight excluding hydrogens is 348 g/mol. The Hall–Kier alpha value is -2.12. The Labute approximate surface area is 149 Å². The number of hydrogen-bond acceptors (Lipinski definition) is 4. The van der Waals surface area contributed by atoms with E-state index in [0.717, 1.165) is 12.1 Å². The maximum Gasteiger partial charge on any atom is 0.325 e. The van der Waals surface area contributed by atoms with Crippen LogP contribution in [0.2, 0.25) is 5.02 Å². The highest BCUT2D eigenvalue weighted by atomic mass is 35.5. The smallest absolute Gasteiger partial charge is 0.325 e. The highest BCUT2D eigenvalue weighted by molar-refractivity contribution is 7.13. The first kappa shape index (κ1) is 18.2. The van der Waals surface area contributed by atoms with Gasteiger partial charge < -0.3 is 10.6 Å². The third kappa shape index (κ3) is 6.17. The first-order valence-electron chi connectivity index (χ1n) is 7.61. The second-order valence-corrected chi connectivity index (χ2v) is 6.38. The van der Waals surface area contributed by atoms with Gasteiger partial charge in [-0.2, -0.15) is 0 Å². The molecule has 0 atom stereocenters. The van der Waals surface area contributed by atoms with Gasteiger partial charge in [0.25, 0.3) is 0 Å². The van der Waals surface area contributed by atoms with Crippen LogP contribution in [0.5, 0.6) is 0 Å². The molecule has 0 saturated heterocycles. The fraction of sp³-hybridized carbons (Fsp3) is 0.312. The molecule has 3 amide bonds. The third-order valence-electron chi connectivity index (χ3n) is 3.04. The summed E-state index contributed by atoms with van der Waals surface area (Å²) in [7, 11) is 0. The summed E-state index contributed by atoms with van der Waals surface area (Å²) >= 11 is 7.19. The lowest BCUT2D eigenvalue weighted by atomic mass is 10.2. The molecule has 0 fully saturated rings. The zero-order valence-corrected chi connectivity index (χ0v) is 14.8. The van der Waals surface area contributed by atoms with Crippen molar-refractivity contribution in [3.05, 3.63) is 40.4 Å². The molecule has 1 heterocycles. The first-order chi connectivity index (χ1) is 11.6. The molecule has 0 aliphatic carbocycles. The van der Waals surface area contributed by atoms with Crippen LogP contribution in [0, 0.1) is 0 Å².